The molecule has 0 aromatic carbocycles. The van der Waals surface area contributed by atoms with E-state index in [0.29, 0.717) is 0 Å². The summed E-state index contributed by atoms with van der Waals surface area (Å²) in [5, 5.41) is 12.2. The Morgan fingerprint density at radius 1 is 1.64 bits per heavy atom. The number of hydrogen-bond acceptors (Lipinski definition) is 5. The van der Waals surface area contributed by atoms with Crippen molar-refractivity contribution in [2.75, 3.05) is 17.6 Å². The van der Waals surface area contributed by atoms with Crippen molar-refractivity contribution >= 4 is 44.2 Å². The predicted molar refractivity (Wildman–Crippen MR) is 67.5 cm³/mol. The number of aromatic nitrogens is 2. The number of nitrogens with zero attached hydrogens (tertiary/aromatic N) is 2. The van der Waals surface area contributed by atoms with Gasteiger partial charge < -0.3 is 5.32 Å². The van der Waals surface area contributed by atoms with Crippen molar-refractivity contribution in [3.8, 4) is 0 Å². The molecule has 0 bridgehead atoms. The largest absolute Gasteiger partial charge is 0.360 e. The molecule has 0 aliphatic carbocycles. The summed E-state index contributed by atoms with van der Waals surface area (Å²) in [4.78, 5) is 0. The normalized spacial score (nSPS) is 10.1. The lowest BCUT2D eigenvalue weighted by Gasteiger charge is -1.95. The molecule has 0 fully saturated rings. The Bertz CT molecular complexity index is 301. The third-order valence-corrected chi connectivity index (χ3v) is 4.04. The Kier molecular flexibility index (Phi) is 5.50. The molecule has 1 aromatic rings. The van der Waals surface area contributed by atoms with Gasteiger partial charge in [-0.25, -0.2) is 0 Å². The van der Waals surface area contributed by atoms with Crippen molar-refractivity contribution in [3.05, 3.63) is 11.1 Å². The van der Waals surface area contributed by atoms with E-state index in [1.165, 1.54) is 0 Å². The van der Waals surface area contributed by atoms with Gasteiger partial charge >= 0.3 is 0 Å². The first-order valence-electron chi connectivity index (χ1n) is 4.26. The lowest BCUT2D eigenvalue weighted by molar-refractivity contribution is 0.951. The Hall–Kier alpha value is -0.0700. The van der Waals surface area contributed by atoms with E-state index in [1.54, 1.807) is 23.1 Å². The van der Waals surface area contributed by atoms with Crippen LogP contribution in [0.15, 0.2) is 15.4 Å². The highest BCUT2D eigenvalue weighted by atomic mass is 79.9. The maximum absolute atomic E-state index is 4.05. The average Bonchev–Trinajstić information content (AvgIpc) is 2.59. The standard InChI is InChI=1S/C8H12BrN3S2/c1-3-4-10-7-11-12-8(14-7)13-5-6(2)9/h2-5H2,1H3,(H,10,11). The summed E-state index contributed by atoms with van der Waals surface area (Å²) in [5.41, 5.74) is 0. The fraction of sp³-hybridized carbons (Fsp3) is 0.500. The van der Waals surface area contributed by atoms with E-state index in [9.17, 15) is 0 Å². The lowest BCUT2D eigenvalue weighted by Crippen LogP contribution is -1.98. The van der Waals surface area contributed by atoms with Crippen LogP contribution in [0.1, 0.15) is 13.3 Å². The summed E-state index contributed by atoms with van der Waals surface area (Å²) in [6, 6.07) is 0. The molecule has 0 saturated heterocycles. The summed E-state index contributed by atoms with van der Waals surface area (Å²) >= 11 is 6.53. The van der Waals surface area contributed by atoms with E-state index in [-0.39, 0.29) is 0 Å². The van der Waals surface area contributed by atoms with Crippen LogP contribution in [0.25, 0.3) is 0 Å². The Balaban J connectivity index is 2.38. The maximum atomic E-state index is 4.05. The van der Waals surface area contributed by atoms with Crippen LogP contribution in [0, 0.1) is 0 Å². The minimum atomic E-state index is 0.836. The highest BCUT2D eigenvalue weighted by molar-refractivity contribution is 9.11. The van der Waals surface area contributed by atoms with Gasteiger partial charge in [0.05, 0.1) is 0 Å². The zero-order valence-corrected chi connectivity index (χ0v) is 11.1. The van der Waals surface area contributed by atoms with Gasteiger partial charge in [0.15, 0.2) is 4.34 Å². The smallest absolute Gasteiger partial charge is 0.206 e. The van der Waals surface area contributed by atoms with Crippen LogP contribution in [0.2, 0.25) is 0 Å². The summed E-state index contributed by atoms with van der Waals surface area (Å²) in [5.74, 6) is 0.836. The Labute approximate surface area is 101 Å². The molecule has 0 saturated carbocycles. The van der Waals surface area contributed by atoms with Gasteiger partial charge in [-0.15, -0.1) is 10.2 Å². The molecule has 1 N–H and O–H groups in total. The zero-order valence-electron chi connectivity index (χ0n) is 7.92. The van der Waals surface area contributed by atoms with Gasteiger partial charge in [-0.2, -0.15) is 0 Å². The molecule has 0 aliphatic rings. The van der Waals surface area contributed by atoms with Gasteiger partial charge in [0, 0.05) is 12.3 Å². The minimum Gasteiger partial charge on any atom is -0.360 e. The van der Waals surface area contributed by atoms with Crippen LogP contribution in [0.4, 0.5) is 5.13 Å². The summed E-state index contributed by atoms with van der Waals surface area (Å²) < 4.78 is 1.95. The van der Waals surface area contributed by atoms with Gasteiger partial charge in [-0.3, -0.25) is 0 Å². The van der Waals surface area contributed by atoms with Crippen molar-refractivity contribution in [3.63, 3.8) is 0 Å². The van der Waals surface area contributed by atoms with Gasteiger partial charge in [-0.05, 0) is 10.9 Å². The highest BCUT2D eigenvalue weighted by Crippen LogP contribution is 2.27. The van der Waals surface area contributed by atoms with Gasteiger partial charge in [-0.1, -0.05) is 52.5 Å². The second-order valence-corrected chi connectivity index (χ2v) is 5.93. The van der Waals surface area contributed by atoms with E-state index >= 15 is 0 Å². The van der Waals surface area contributed by atoms with Crippen LogP contribution < -0.4 is 5.32 Å². The first-order chi connectivity index (χ1) is 6.72. The summed E-state index contributed by atoms with van der Waals surface area (Å²) in [6.45, 7) is 6.84. The molecule has 0 radical (unpaired) electrons. The Morgan fingerprint density at radius 2 is 2.43 bits per heavy atom. The van der Waals surface area contributed by atoms with E-state index < -0.39 is 0 Å². The van der Waals surface area contributed by atoms with E-state index in [4.69, 9.17) is 0 Å². The first kappa shape index (κ1) is 12.0. The third kappa shape index (κ3) is 4.43. The van der Waals surface area contributed by atoms with E-state index in [0.717, 1.165) is 32.7 Å². The van der Waals surface area contributed by atoms with Crippen molar-refractivity contribution in [2.45, 2.75) is 17.7 Å². The number of halogens is 1. The molecule has 78 valence electrons. The number of nitrogens with one attached hydrogen (secondary N) is 1. The van der Waals surface area contributed by atoms with E-state index in [2.05, 4.69) is 44.9 Å². The van der Waals surface area contributed by atoms with Crippen molar-refractivity contribution in [2.24, 2.45) is 0 Å². The number of hydrogen-bond donors (Lipinski definition) is 1. The molecule has 3 nitrogen and oxygen atoms in total. The number of rotatable bonds is 6. The molecule has 0 amide bonds. The molecule has 0 spiro atoms. The third-order valence-electron chi connectivity index (χ3n) is 1.28. The quantitative estimate of drug-likeness (QED) is 0.816. The van der Waals surface area contributed by atoms with Crippen LogP contribution in [-0.2, 0) is 0 Å². The number of thioether (sulfide) groups is 1. The topological polar surface area (TPSA) is 37.8 Å². The molecule has 6 heteroatoms. The molecule has 14 heavy (non-hydrogen) atoms. The second kappa shape index (κ2) is 6.42. The van der Waals surface area contributed by atoms with Gasteiger partial charge in [0.25, 0.3) is 0 Å². The van der Waals surface area contributed by atoms with Crippen molar-refractivity contribution in [1.82, 2.24) is 10.2 Å². The zero-order chi connectivity index (χ0) is 10.4. The molecule has 0 atom stereocenters. The monoisotopic (exact) mass is 293 g/mol. The average molecular weight is 294 g/mol. The van der Waals surface area contributed by atoms with Crippen LogP contribution >= 0.6 is 39.0 Å². The minimum absolute atomic E-state index is 0.836. The summed E-state index contributed by atoms with van der Waals surface area (Å²) in [7, 11) is 0. The predicted octanol–water partition coefficient (Wildman–Crippen LogP) is 3.36. The van der Waals surface area contributed by atoms with Crippen LogP contribution in [0.3, 0.4) is 0 Å². The maximum Gasteiger partial charge on any atom is 0.206 e. The molecule has 0 unspecified atom stereocenters. The lowest BCUT2D eigenvalue weighted by atomic mass is 10.5. The molecular weight excluding hydrogens is 282 g/mol. The van der Waals surface area contributed by atoms with Crippen LogP contribution in [-0.4, -0.2) is 22.5 Å². The highest BCUT2D eigenvalue weighted by Gasteiger charge is 2.03. The Morgan fingerprint density at radius 3 is 3.07 bits per heavy atom. The van der Waals surface area contributed by atoms with E-state index in [1.807, 2.05) is 0 Å². The van der Waals surface area contributed by atoms with Crippen molar-refractivity contribution in [1.29, 1.82) is 0 Å². The molecule has 1 aromatic heterocycles. The fourth-order valence-electron chi connectivity index (χ4n) is 0.712. The SMILES string of the molecule is C=C(Br)CSc1nnc(NCCC)s1. The van der Waals surface area contributed by atoms with Crippen molar-refractivity contribution < 1.29 is 0 Å². The second-order valence-electron chi connectivity index (χ2n) is 2.61. The van der Waals surface area contributed by atoms with Crippen LogP contribution in [0.5, 0.6) is 0 Å². The number of anilines is 1. The van der Waals surface area contributed by atoms with Gasteiger partial charge in [0.1, 0.15) is 0 Å². The fourth-order valence-corrected chi connectivity index (χ4v) is 2.59. The summed E-state index contributed by atoms with van der Waals surface area (Å²) in [6.07, 6.45) is 1.10. The van der Waals surface area contributed by atoms with Gasteiger partial charge in [0.2, 0.25) is 5.13 Å². The molecule has 1 heterocycles. The molecular formula is C8H12BrN3S2. The molecule has 0 aliphatic heterocycles. The molecule has 1 rings (SSSR count). The first-order valence-corrected chi connectivity index (χ1v) is 6.85.